The van der Waals surface area contributed by atoms with E-state index in [1.54, 1.807) is 0 Å². The lowest BCUT2D eigenvalue weighted by Gasteiger charge is -2.24. The van der Waals surface area contributed by atoms with Crippen molar-refractivity contribution in [1.29, 1.82) is 5.26 Å². The van der Waals surface area contributed by atoms with Gasteiger partial charge in [-0.25, -0.2) is 4.98 Å². The van der Waals surface area contributed by atoms with Gasteiger partial charge in [-0.05, 0) is 25.5 Å². The molecule has 1 N–H and O–H groups in total. The lowest BCUT2D eigenvalue weighted by molar-refractivity contribution is 0.379. The van der Waals surface area contributed by atoms with Crippen LogP contribution in [0.3, 0.4) is 0 Å². The van der Waals surface area contributed by atoms with E-state index in [1.807, 2.05) is 42.9 Å². The maximum absolute atomic E-state index is 8.97. The second kappa shape index (κ2) is 6.77. The Labute approximate surface area is 153 Å². The molecular formula is C20H22N6. The Hall–Kier alpha value is -2.91. The fourth-order valence-electron chi connectivity index (χ4n) is 3.62. The summed E-state index contributed by atoms with van der Waals surface area (Å²) in [6.45, 7) is 3.78. The minimum Gasteiger partial charge on any atom is -0.333 e. The molecule has 2 aromatic heterocycles. The average molecular weight is 346 g/mol. The standard InChI is InChI=1S/C20H22N6/c1-14-11-26-13-18(7-8-19(26)23-14)22-10-17-12-25(2)24-20(17)16-5-3-15(9-21)4-6-16/h3-6,11-12,18,22H,7-8,10,13H2,1-2H3. The highest BCUT2D eigenvalue weighted by atomic mass is 15.3. The summed E-state index contributed by atoms with van der Waals surface area (Å²) < 4.78 is 4.12. The predicted molar refractivity (Wildman–Crippen MR) is 99.3 cm³/mol. The molecule has 6 nitrogen and oxygen atoms in total. The van der Waals surface area contributed by atoms with Crippen LogP contribution in [0.1, 0.15) is 29.1 Å². The second-order valence-corrected chi connectivity index (χ2v) is 6.93. The number of benzene rings is 1. The van der Waals surface area contributed by atoms with Crippen LogP contribution in [0.5, 0.6) is 0 Å². The summed E-state index contributed by atoms with van der Waals surface area (Å²) >= 11 is 0. The predicted octanol–water partition coefficient (Wildman–Crippen LogP) is 2.57. The van der Waals surface area contributed by atoms with Crippen LogP contribution in [0.15, 0.2) is 36.7 Å². The van der Waals surface area contributed by atoms with Crippen molar-refractivity contribution in [3.05, 3.63) is 59.3 Å². The normalized spacial score (nSPS) is 16.3. The molecule has 0 fully saturated rings. The molecule has 0 bridgehead atoms. The van der Waals surface area contributed by atoms with Crippen molar-refractivity contribution in [3.8, 4) is 17.3 Å². The second-order valence-electron chi connectivity index (χ2n) is 6.93. The first-order valence-electron chi connectivity index (χ1n) is 8.91. The number of rotatable bonds is 4. The largest absolute Gasteiger partial charge is 0.333 e. The summed E-state index contributed by atoms with van der Waals surface area (Å²) in [6.07, 6.45) is 6.32. The van der Waals surface area contributed by atoms with Gasteiger partial charge >= 0.3 is 0 Å². The van der Waals surface area contributed by atoms with E-state index < -0.39 is 0 Å². The van der Waals surface area contributed by atoms with Gasteiger partial charge in [0.25, 0.3) is 0 Å². The fourth-order valence-corrected chi connectivity index (χ4v) is 3.62. The molecule has 132 valence electrons. The van der Waals surface area contributed by atoms with Gasteiger partial charge in [0, 0.05) is 56.1 Å². The van der Waals surface area contributed by atoms with E-state index in [0.717, 1.165) is 42.9 Å². The van der Waals surface area contributed by atoms with Crippen molar-refractivity contribution in [2.75, 3.05) is 0 Å². The topological polar surface area (TPSA) is 71.5 Å². The van der Waals surface area contributed by atoms with Crippen LogP contribution in [0.4, 0.5) is 0 Å². The SMILES string of the molecule is Cc1cn2c(n1)CCC(NCc1cn(C)nc1-c1ccc(C#N)cc1)C2. The number of hydrogen-bond acceptors (Lipinski definition) is 4. The summed E-state index contributed by atoms with van der Waals surface area (Å²) in [5, 5.41) is 17.3. The first-order valence-corrected chi connectivity index (χ1v) is 8.91. The van der Waals surface area contributed by atoms with Crippen molar-refractivity contribution in [2.24, 2.45) is 7.05 Å². The number of fused-ring (bicyclic) bond motifs is 1. The number of hydrogen-bond donors (Lipinski definition) is 1. The van der Waals surface area contributed by atoms with E-state index in [-0.39, 0.29) is 0 Å². The van der Waals surface area contributed by atoms with Crippen LogP contribution in [-0.4, -0.2) is 25.4 Å². The zero-order chi connectivity index (χ0) is 18.1. The molecule has 26 heavy (non-hydrogen) atoms. The van der Waals surface area contributed by atoms with Gasteiger partial charge in [0.15, 0.2) is 0 Å². The third-order valence-electron chi connectivity index (χ3n) is 4.89. The number of nitriles is 1. The van der Waals surface area contributed by atoms with Gasteiger partial charge in [0.1, 0.15) is 5.82 Å². The van der Waals surface area contributed by atoms with Gasteiger partial charge in [-0.15, -0.1) is 0 Å². The van der Waals surface area contributed by atoms with Crippen molar-refractivity contribution in [2.45, 2.75) is 38.9 Å². The maximum atomic E-state index is 8.97. The number of aromatic nitrogens is 4. The van der Waals surface area contributed by atoms with Crippen molar-refractivity contribution in [1.82, 2.24) is 24.6 Å². The molecule has 0 saturated heterocycles. The van der Waals surface area contributed by atoms with E-state index >= 15 is 0 Å². The molecule has 0 radical (unpaired) electrons. The molecule has 6 heteroatoms. The summed E-state index contributed by atoms with van der Waals surface area (Å²) in [6, 6.07) is 10.2. The van der Waals surface area contributed by atoms with Crippen molar-refractivity contribution >= 4 is 0 Å². The molecule has 0 amide bonds. The van der Waals surface area contributed by atoms with Crippen LogP contribution in [0.2, 0.25) is 0 Å². The van der Waals surface area contributed by atoms with Crippen molar-refractivity contribution < 1.29 is 0 Å². The van der Waals surface area contributed by atoms with Crippen LogP contribution in [-0.2, 0) is 26.6 Å². The Morgan fingerprint density at radius 3 is 2.85 bits per heavy atom. The zero-order valence-electron chi connectivity index (χ0n) is 15.1. The quantitative estimate of drug-likeness (QED) is 0.788. The van der Waals surface area contributed by atoms with Gasteiger partial charge in [0.2, 0.25) is 0 Å². The zero-order valence-corrected chi connectivity index (χ0v) is 15.1. The number of nitrogens with zero attached hydrogens (tertiary/aromatic N) is 5. The monoisotopic (exact) mass is 346 g/mol. The molecule has 1 atom stereocenters. The highest BCUT2D eigenvalue weighted by Crippen LogP contribution is 2.23. The summed E-state index contributed by atoms with van der Waals surface area (Å²) in [5.41, 5.74) is 4.94. The molecule has 0 aliphatic carbocycles. The van der Waals surface area contributed by atoms with Crippen LogP contribution < -0.4 is 5.32 Å². The highest BCUT2D eigenvalue weighted by Gasteiger charge is 2.20. The number of aryl methyl sites for hydroxylation is 3. The molecule has 0 saturated carbocycles. The van der Waals surface area contributed by atoms with E-state index in [4.69, 9.17) is 5.26 Å². The molecule has 3 aromatic rings. The average Bonchev–Trinajstić information content (AvgIpc) is 3.20. The van der Waals surface area contributed by atoms with Gasteiger partial charge in [-0.1, -0.05) is 12.1 Å². The first kappa shape index (κ1) is 16.6. The van der Waals surface area contributed by atoms with Gasteiger partial charge in [0.05, 0.1) is 23.0 Å². The maximum Gasteiger partial charge on any atom is 0.109 e. The van der Waals surface area contributed by atoms with Crippen LogP contribution in [0.25, 0.3) is 11.3 Å². The molecular weight excluding hydrogens is 324 g/mol. The van der Waals surface area contributed by atoms with E-state index in [0.29, 0.717) is 11.6 Å². The van der Waals surface area contributed by atoms with E-state index in [9.17, 15) is 0 Å². The molecule has 3 heterocycles. The number of nitrogens with one attached hydrogen (secondary N) is 1. The third kappa shape index (κ3) is 3.26. The molecule has 0 spiro atoms. The van der Waals surface area contributed by atoms with Crippen molar-refractivity contribution in [3.63, 3.8) is 0 Å². The lowest BCUT2D eigenvalue weighted by atomic mass is 10.0. The van der Waals surface area contributed by atoms with Gasteiger partial charge in [-0.2, -0.15) is 10.4 Å². The van der Waals surface area contributed by atoms with E-state index in [2.05, 4.69) is 38.4 Å². The molecule has 1 unspecified atom stereocenters. The Balaban J connectivity index is 1.48. The molecule has 1 aliphatic heterocycles. The molecule has 1 aromatic carbocycles. The minimum atomic E-state index is 0.435. The Bertz CT molecular complexity index is 957. The number of imidazole rings is 1. The summed E-state index contributed by atoms with van der Waals surface area (Å²) in [4.78, 5) is 4.57. The van der Waals surface area contributed by atoms with Gasteiger partial charge in [-0.3, -0.25) is 4.68 Å². The van der Waals surface area contributed by atoms with Gasteiger partial charge < -0.3 is 9.88 Å². The highest BCUT2D eigenvalue weighted by molar-refractivity contribution is 5.63. The fraction of sp³-hybridized carbons (Fsp3) is 0.350. The van der Waals surface area contributed by atoms with Crippen LogP contribution in [0, 0.1) is 18.3 Å². The van der Waals surface area contributed by atoms with Crippen LogP contribution >= 0.6 is 0 Å². The Kier molecular flexibility index (Phi) is 4.31. The Morgan fingerprint density at radius 2 is 2.08 bits per heavy atom. The molecule has 1 aliphatic rings. The smallest absolute Gasteiger partial charge is 0.109 e. The third-order valence-corrected chi connectivity index (χ3v) is 4.89. The minimum absolute atomic E-state index is 0.435. The van der Waals surface area contributed by atoms with E-state index in [1.165, 1.54) is 11.4 Å². The lowest BCUT2D eigenvalue weighted by Crippen LogP contribution is -2.36. The first-order chi connectivity index (χ1) is 12.6. The Morgan fingerprint density at radius 1 is 1.27 bits per heavy atom. The summed E-state index contributed by atoms with van der Waals surface area (Å²) in [5.74, 6) is 1.19. The summed E-state index contributed by atoms with van der Waals surface area (Å²) in [7, 11) is 1.94. The molecule has 4 rings (SSSR count).